The van der Waals surface area contributed by atoms with E-state index in [1.807, 2.05) is 0 Å². The van der Waals surface area contributed by atoms with Crippen LogP contribution in [0.25, 0.3) is 0 Å². The Labute approximate surface area is 221 Å². The van der Waals surface area contributed by atoms with Crippen LogP contribution < -0.4 is 10.6 Å². The summed E-state index contributed by atoms with van der Waals surface area (Å²) < 4.78 is 0. The quantitative estimate of drug-likeness (QED) is 0.459. The zero-order valence-corrected chi connectivity index (χ0v) is 23.0. The minimum atomic E-state index is -0.226. The Kier molecular flexibility index (Phi) is 11.2. The van der Waals surface area contributed by atoms with Gasteiger partial charge in [0.2, 0.25) is 5.91 Å². The molecule has 35 heavy (non-hydrogen) atoms. The Morgan fingerprint density at radius 2 is 1.89 bits per heavy atom. The van der Waals surface area contributed by atoms with Crippen LogP contribution in [0.2, 0.25) is 10.0 Å². The predicted molar refractivity (Wildman–Crippen MR) is 144 cm³/mol. The van der Waals surface area contributed by atoms with E-state index in [4.69, 9.17) is 23.2 Å². The van der Waals surface area contributed by atoms with Gasteiger partial charge in [-0.15, -0.1) is 0 Å². The Morgan fingerprint density at radius 1 is 1.14 bits per heavy atom. The van der Waals surface area contributed by atoms with Gasteiger partial charge in [0.25, 0.3) is 5.91 Å². The van der Waals surface area contributed by atoms with Gasteiger partial charge < -0.3 is 20.4 Å². The molecule has 2 aliphatic heterocycles. The van der Waals surface area contributed by atoms with E-state index in [1.165, 1.54) is 19.3 Å². The van der Waals surface area contributed by atoms with Crippen molar-refractivity contribution in [3.8, 4) is 0 Å². The largest absolute Gasteiger partial charge is 0.350 e. The predicted octanol–water partition coefficient (Wildman–Crippen LogP) is 4.84. The molecule has 2 fully saturated rings. The van der Waals surface area contributed by atoms with Crippen LogP contribution in [-0.4, -0.2) is 73.0 Å². The minimum absolute atomic E-state index is 0.0288. The van der Waals surface area contributed by atoms with Crippen molar-refractivity contribution < 1.29 is 9.59 Å². The molecule has 1 aromatic rings. The van der Waals surface area contributed by atoms with Crippen molar-refractivity contribution in [1.82, 2.24) is 20.4 Å². The zero-order chi connectivity index (χ0) is 25.4. The van der Waals surface area contributed by atoms with Gasteiger partial charge in [-0.25, -0.2) is 0 Å². The highest BCUT2D eigenvalue weighted by Gasteiger charge is 2.32. The van der Waals surface area contributed by atoms with Crippen LogP contribution in [-0.2, 0) is 4.79 Å². The molecule has 2 amide bonds. The molecule has 0 bridgehead atoms. The van der Waals surface area contributed by atoms with Gasteiger partial charge in [-0.3, -0.25) is 9.59 Å². The van der Waals surface area contributed by atoms with Crippen LogP contribution in [0.4, 0.5) is 0 Å². The zero-order valence-electron chi connectivity index (χ0n) is 21.5. The lowest BCUT2D eigenvalue weighted by molar-refractivity contribution is -0.133. The van der Waals surface area contributed by atoms with Crippen molar-refractivity contribution >= 4 is 35.0 Å². The summed E-state index contributed by atoms with van der Waals surface area (Å²) in [5.41, 5.74) is 0.482. The van der Waals surface area contributed by atoms with Gasteiger partial charge >= 0.3 is 0 Å². The Morgan fingerprint density at radius 3 is 2.54 bits per heavy atom. The number of hydrogen-bond acceptors (Lipinski definition) is 4. The number of carbonyl (C=O) groups excluding carboxylic acids is 2. The average molecular weight is 526 g/mol. The number of rotatable bonds is 10. The van der Waals surface area contributed by atoms with Crippen molar-refractivity contribution in [2.75, 3.05) is 39.3 Å². The highest BCUT2D eigenvalue weighted by Crippen LogP contribution is 2.23. The van der Waals surface area contributed by atoms with E-state index in [-0.39, 0.29) is 23.9 Å². The molecule has 2 saturated heterocycles. The van der Waals surface area contributed by atoms with E-state index < -0.39 is 0 Å². The molecule has 8 heteroatoms. The van der Waals surface area contributed by atoms with Gasteiger partial charge in [-0.1, -0.05) is 56.8 Å². The molecule has 2 aliphatic rings. The van der Waals surface area contributed by atoms with Crippen molar-refractivity contribution in [3.63, 3.8) is 0 Å². The second kappa shape index (κ2) is 13.8. The van der Waals surface area contributed by atoms with Crippen LogP contribution in [0.5, 0.6) is 0 Å². The van der Waals surface area contributed by atoms with Gasteiger partial charge in [-0.2, -0.15) is 0 Å². The first kappa shape index (κ1) is 28.2. The third kappa shape index (κ3) is 8.34. The summed E-state index contributed by atoms with van der Waals surface area (Å²) in [6, 6.07) is 4.70. The Balaban J connectivity index is 1.65. The molecule has 6 nitrogen and oxygen atoms in total. The highest BCUT2D eigenvalue weighted by atomic mass is 35.5. The smallest absolute Gasteiger partial charge is 0.251 e. The number of nitrogens with one attached hydrogen (secondary N) is 2. The highest BCUT2D eigenvalue weighted by molar-refractivity contribution is 6.42. The van der Waals surface area contributed by atoms with Gasteiger partial charge in [0.1, 0.15) is 0 Å². The average Bonchev–Trinajstić information content (AvgIpc) is 3.00. The second-order valence-electron chi connectivity index (χ2n) is 10.4. The number of piperidine rings is 1. The number of nitrogens with zero attached hydrogens (tertiary/aromatic N) is 2. The maximum absolute atomic E-state index is 13.6. The minimum Gasteiger partial charge on any atom is -0.350 e. The van der Waals surface area contributed by atoms with Gasteiger partial charge in [0.15, 0.2) is 0 Å². The van der Waals surface area contributed by atoms with E-state index in [0.717, 1.165) is 45.4 Å². The number of hydrogen-bond donors (Lipinski definition) is 2. The number of amides is 2. The summed E-state index contributed by atoms with van der Waals surface area (Å²) in [5, 5.41) is 7.42. The number of benzene rings is 1. The molecular weight excluding hydrogens is 483 g/mol. The number of likely N-dealkylation sites (tertiary alicyclic amines) is 1. The molecular formula is C27H42Cl2N4O2. The topological polar surface area (TPSA) is 64.7 Å². The third-order valence-corrected chi connectivity index (χ3v) is 8.33. The van der Waals surface area contributed by atoms with E-state index >= 15 is 0 Å². The SMILES string of the molecule is CCC(CN1CCC(CNC(=O)c2ccc(Cl)c(Cl)c2)NC(CCN2CCCCC2)C1=O)C(C)C. The standard InChI is InChI=1S/C27H42Cl2N4O2/c1-4-20(19(2)3)18-33-15-10-22(17-30-26(34)21-8-9-23(28)24(29)16-21)31-25(27(33)35)11-14-32-12-6-5-7-13-32/h8-9,16,19-20,22,25,31H,4-7,10-15,17-18H2,1-3H3,(H,30,34). The first-order valence-corrected chi connectivity index (χ1v) is 14.0. The Bertz CT molecular complexity index is 844. The molecule has 3 atom stereocenters. The van der Waals surface area contributed by atoms with Gasteiger partial charge in [0, 0.05) is 37.8 Å². The van der Waals surface area contributed by atoms with Crippen molar-refractivity contribution in [1.29, 1.82) is 0 Å². The first-order chi connectivity index (χ1) is 16.8. The Hall–Kier alpha value is -1.34. The molecule has 196 valence electrons. The van der Waals surface area contributed by atoms with Crippen LogP contribution >= 0.6 is 23.2 Å². The summed E-state index contributed by atoms with van der Waals surface area (Å²) in [5.74, 6) is 1.05. The second-order valence-corrected chi connectivity index (χ2v) is 11.2. The number of halogens is 2. The molecule has 0 radical (unpaired) electrons. The van der Waals surface area contributed by atoms with Gasteiger partial charge in [0.05, 0.1) is 16.1 Å². The summed E-state index contributed by atoms with van der Waals surface area (Å²) >= 11 is 12.1. The summed E-state index contributed by atoms with van der Waals surface area (Å²) in [6.45, 7) is 11.8. The van der Waals surface area contributed by atoms with E-state index in [1.54, 1.807) is 18.2 Å². The van der Waals surface area contributed by atoms with Crippen molar-refractivity contribution in [2.24, 2.45) is 11.8 Å². The van der Waals surface area contributed by atoms with E-state index in [0.29, 0.717) is 40.5 Å². The number of carbonyl (C=O) groups is 2. The van der Waals surface area contributed by atoms with Crippen LogP contribution in [0.1, 0.15) is 69.7 Å². The first-order valence-electron chi connectivity index (χ1n) is 13.3. The molecule has 1 aromatic carbocycles. The molecule has 0 spiro atoms. The van der Waals surface area contributed by atoms with Crippen molar-refractivity contribution in [3.05, 3.63) is 33.8 Å². The molecule has 3 unspecified atom stereocenters. The fraction of sp³-hybridized carbons (Fsp3) is 0.704. The molecule has 0 aromatic heterocycles. The molecule has 2 heterocycles. The van der Waals surface area contributed by atoms with E-state index in [9.17, 15) is 9.59 Å². The maximum atomic E-state index is 13.6. The fourth-order valence-corrected chi connectivity index (χ4v) is 5.47. The van der Waals surface area contributed by atoms with Crippen LogP contribution in [0.3, 0.4) is 0 Å². The normalized spacial score (nSPS) is 22.8. The lowest BCUT2D eigenvalue weighted by Gasteiger charge is -2.31. The summed E-state index contributed by atoms with van der Waals surface area (Å²) in [7, 11) is 0. The summed E-state index contributed by atoms with van der Waals surface area (Å²) in [4.78, 5) is 30.9. The summed E-state index contributed by atoms with van der Waals surface area (Å²) in [6.07, 6.45) is 6.46. The third-order valence-electron chi connectivity index (χ3n) is 7.59. The monoisotopic (exact) mass is 524 g/mol. The molecule has 3 rings (SSSR count). The molecule has 0 saturated carbocycles. The molecule has 0 aliphatic carbocycles. The lowest BCUT2D eigenvalue weighted by Crippen LogP contribution is -2.50. The van der Waals surface area contributed by atoms with E-state index in [2.05, 4.69) is 41.2 Å². The maximum Gasteiger partial charge on any atom is 0.251 e. The van der Waals surface area contributed by atoms with Crippen molar-refractivity contribution in [2.45, 2.75) is 71.4 Å². The fourth-order valence-electron chi connectivity index (χ4n) is 5.17. The van der Waals surface area contributed by atoms with Gasteiger partial charge in [-0.05, 0) is 68.8 Å². The molecule has 2 N–H and O–H groups in total. The lowest BCUT2D eigenvalue weighted by atomic mass is 9.92. The van der Waals surface area contributed by atoms with Crippen LogP contribution in [0, 0.1) is 11.8 Å². The van der Waals surface area contributed by atoms with Crippen LogP contribution in [0.15, 0.2) is 18.2 Å².